The first-order valence-corrected chi connectivity index (χ1v) is 16.3. The number of alkyl halides is 3. The number of ether oxygens (including phenoxy) is 4. The van der Waals surface area contributed by atoms with Gasteiger partial charge >= 0.3 is 12.1 Å². The Hall–Kier alpha value is -4.77. The zero-order chi connectivity index (χ0) is 36.9. The SMILES string of the molecule is COc1ccc(C=CC(=O)Oc2ccc3c(=O)c(Oc4cc(C)cc(C)c4C)c(C(F)(F)F)oc3c2CN(CC(C)C)CC(C)C)cc1OC. The van der Waals surface area contributed by atoms with Crippen LogP contribution in [-0.2, 0) is 17.5 Å². The summed E-state index contributed by atoms with van der Waals surface area (Å²) in [6.45, 7) is 14.6. The van der Waals surface area contributed by atoms with Gasteiger partial charge in [-0.1, -0.05) is 39.8 Å². The van der Waals surface area contributed by atoms with Gasteiger partial charge in [0, 0.05) is 25.7 Å². The molecule has 0 aliphatic rings. The maximum Gasteiger partial charge on any atom is 0.453 e. The molecule has 4 aromatic rings. The van der Waals surface area contributed by atoms with Gasteiger partial charge in [-0.3, -0.25) is 9.69 Å². The van der Waals surface area contributed by atoms with Crippen molar-refractivity contribution < 1.29 is 41.3 Å². The van der Waals surface area contributed by atoms with Gasteiger partial charge in [0.25, 0.3) is 5.76 Å². The van der Waals surface area contributed by atoms with Gasteiger partial charge in [0.15, 0.2) is 11.5 Å². The highest BCUT2D eigenvalue weighted by atomic mass is 19.4. The fourth-order valence-electron chi connectivity index (χ4n) is 5.74. The first-order valence-electron chi connectivity index (χ1n) is 16.3. The minimum absolute atomic E-state index is 0.0351. The van der Waals surface area contributed by atoms with Crippen LogP contribution in [0.5, 0.6) is 28.7 Å². The number of esters is 1. The number of benzene rings is 3. The lowest BCUT2D eigenvalue weighted by molar-refractivity contribution is -0.154. The molecule has 0 atom stereocenters. The van der Waals surface area contributed by atoms with E-state index in [9.17, 15) is 22.8 Å². The Morgan fingerprint density at radius 2 is 1.52 bits per heavy atom. The van der Waals surface area contributed by atoms with Crippen LogP contribution in [0.3, 0.4) is 0 Å². The Morgan fingerprint density at radius 1 is 0.880 bits per heavy atom. The Kier molecular flexibility index (Phi) is 12.1. The van der Waals surface area contributed by atoms with Gasteiger partial charge in [0.1, 0.15) is 17.1 Å². The van der Waals surface area contributed by atoms with Crippen LogP contribution < -0.4 is 24.4 Å². The predicted molar refractivity (Wildman–Crippen MR) is 187 cm³/mol. The molecule has 0 N–H and O–H groups in total. The Morgan fingerprint density at radius 3 is 2.12 bits per heavy atom. The van der Waals surface area contributed by atoms with E-state index >= 15 is 0 Å². The highest BCUT2D eigenvalue weighted by Gasteiger charge is 2.41. The summed E-state index contributed by atoms with van der Waals surface area (Å²) in [5, 5.41) is -0.139. The molecule has 0 aliphatic carbocycles. The van der Waals surface area contributed by atoms with Crippen molar-refractivity contribution in [2.45, 2.75) is 61.2 Å². The smallest absolute Gasteiger partial charge is 0.453 e. The summed E-state index contributed by atoms with van der Waals surface area (Å²) >= 11 is 0. The molecule has 0 bridgehead atoms. The first-order chi connectivity index (χ1) is 23.5. The monoisotopic (exact) mass is 695 g/mol. The fourth-order valence-corrected chi connectivity index (χ4v) is 5.74. The van der Waals surface area contributed by atoms with Crippen molar-refractivity contribution in [3.05, 3.63) is 92.3 Å². The number of fused-ring (bicyclic) bond motifs is 1. The average molecular weight is 696 g/mol. The number of aryl methyl sites for hydroxylation is 2. The lowest BCUT2D eigenvalue weighted by Crippen LogP contribution is -2.31. The van der Waals surface area contributed by atoms with E-state index in [0.717, 1.165) is 11.1 Å². The summed E-state index contributed by atoms with van der Waals surface area (Å²) < 4.78 is 71.8. The standard InChI is InChI=1S/C39H44F3NO7/c1-22(2)19-43(20-23(3)4)21-29-30(48-34(44)15-11-27-10-13-31(46-8)33(18-27)47-9)14-12-28-35(45)37(38(39(40,41)42)50-36(28)29)49-32-17-24(5)16-25(6)26(32)7/h10-18,22-23H,19-21H2,1-9H3. The Balaban J connectivity index is 1.88. The van der Waals surface area contributed by atoms with Crippen molar-refractivity contribution in [2.75, 3.05) is 27.3 Å². The minimum atomic E-state index is -5.09. The summed E-state index contributed by atoms with van der Waals surface area (Å²) in [6, 6.07) is 11.2. The summed E-state index contributed by atoms with van der Waals surface area (Å²) in [7, 11) is 3.00. The molecule has 0 saturated carbocycles. The first kappa shape index (κ1) is 38.0. The van der Waals surface area contributed by atoms with Crippen LogP contribution in [-0.4, -0.2) is 38.2 Å². The van der Waals surface area contributed by atoms with E-state index in [2.05, 4.69) is 0 Å². The Bertz CT molecular complexity index is 1930. The molecular weight excluding hydrogens is 651 g/mol. The van der Waals surface area contributed by atoms with Crippen molar-refractivity contribution >= 4 is 23.0 Å². The second-order valence-electron chi connectivity index (χ2n) is 13.2. The van der Waals surface area contributed by atoms with Gasteiger partial charge in [-0.2, -0.15) is 13.2 Å². The van der Waals surface area contributed by atoms with E-state index in [1.54, 1.807) is 45.0 Å². The lowest BCUT2D eigenvalue weighted by atomic mass is 10.0. The van der Waals surface area contributed by atoms with E-state index in [4.69, 9.17) is 23.4 Å². The molecule has 0 unspecified atom stereocenters. The zero-order valence-electron chi connectivity index (χ0n) is 29.9. The second kappa shape index (κ2) is 15.8. The molecule has 4 rings (SSSR count). The van der Waals surface area contributed by atoms with E-state index < -0.39 is 29.1 Å². The van der Waals surface area contributed by atoms with Crippen molar-refractivity contribution in [1.29, 1.82) is 0 Å². The van der Waals surface area contributed by atoms with E-state index in [0.29, 0.717) is 35.7 Å². The summed E-state index contributed by atoms with van der Waals surface area (Å²) in [5.74, 6) is -1.86. The number of nitrogens with zero attached hydrogens (tertiary/aromatic N) is 1. The topological polar surface area (TPSA) is 87.4 Å². The minimum Gasteiger partial charge on any atom is -0.493 e. The molecule has 0 saturated heterocycles. The van der Waals surface area contributed by atoms with E-state index in [1.807, 2.05) is 38.7 Å². The summed E-state index contributed by atoms with van der Waals surface area (Å²) in [4.78, 5) is 29.1. The number of methoxy groups -OCH3 is 2. The third kappa shape index (κ3) is 9.06. The van der Waals surface area contributed by atoms with Gasteiger partial charge in [-0.05, 0) is 91.3 Å². The van der Waals surface area contributed by atoms with Crippen molar-refractivity contribution in [2.24, 2.45) is 11.8 Å². The van der Waals surface area contributed by atoms with Gasteiger partial charge in [0.2, 0.25) is 11.2 Å². The molecule has 0 spiro atoms. The number of carbonyl (C=O) groups is 1. The van der Waals surface area contributed by atoms with E-state index in [1.165, 1.54) is 38.5 Å². The molecule has 1 heterocycles. The molecule has 0 radical (unpaired) electrons. The highest BCUT2D eigenvalue weighted by Crippen LogP contribution is 2.41. The van der Waals surface area contributed by atoms with Gasteiger partial charge < -0.3 is 23.4 Å². The van der Waals surface area contributed by atoms with Crippen LogP contribution in [0.4, 0.5) is 13.2 Å². The molecule has 0 fully saturated rings. The third-order valence-electron chi connectivity index (χ3n) is 7.97. The number of rotatable bonds is 13. The fraction of sp³-hybridized carbons (Fsp3) is 0.385. The molecule has 1 aromatic heterocycles. The number of carbonyl (C=O) groups excluding carboxylic acids is 1. The van der Waals surface area contributed by atoms with Gasteiger partial charge in [0.05, 0.1) is 25.2 Å². The van der Waals surface area contributed by atoms with Crippen LogP contribution in [0.1, 0.15) is 61.3 Å². The third-order valence-corrected chi connectivity index (χ3v) is 7.97. The van der Waals surface area contributed by atoms with Gasteiger partial charge in [-0.25, -0.2) is 4.79 Å². The lowest BCUT2D eigenvalue weighted by Gasteiger charge is -2.27. The quantitative estimate of drug-likeness (QED) is 0.0777. The number of hydrogen-bond donors (Lipinski definition) is 0. The predicted octanol–water partition coefficient (Wildman–Crippen LogP) is 9.28. The van der Waals surface area contributed by atoms with Crippen LogP contribution in [0.15, 0.2) is 57.8 Å². The Labute approximate surface area is 290 Å². The maximum absolute atomic E-state index is 14.7. The van der Waals surface area contributed by atoms with Crippen molar-refractivity contribution in [3.8, 4) is 28.7 Å². The maximum atomic E-state index is 14.7. The van der Waals surface area contributed by atoms with Crippen molar-refractivity contribution in [3.63, 3.8) is 0 Å². The van der Waals surface area contributed by atoms with E-state index in [-0.39, 0.29) is 46.4 Å². The van der Waals surface area contributed by atoms with Crippen LogP contribution in [0.25, 0.3) is 17.0 Å². The highest BCUT2D eigenvalue weighted by molar-refractivity contribution is 5.91. The molecule has 0 aliphatic heterocycles. The summed E-state index contributed by atoms with van der Waals surface area (Å²) in [5.41, 5.74) is 1.56. The van der Waals surface area contributed by atoms with Crippen molar-refractivity contribution in [1.82, 2.24) is 4.90 Å². The molecule has 0 amide bonds. The molecule has 11 heteroatoms. The molecule has 50 heavy (non-hydrogen) atoms. The summed E-state index contributed by atoms with van der Waals surface area (Å²) in [6.07, 6.45) is -2.39. The number of halogens is 3. The van der Waals surface area contributed by atoms with Crippen LogP contribution in [0.2, 0.25) is 0 Å². The molecular formula is C39H44F3NO7. The van der Waals surface area contributed by atoms with Crippen LogP contribution >= 0.6 is 0 Å². The zero-order valence-corrected chi connectivity index (χ0v) is 29.9. The van der Waals surface area contributed by atoms with Gasteiger partial charge in [-0.15, -0.1) is 0 Å². The normalized spacial score (nSPS) is 12.1. The van der Waals surface area contributed by atoms with Crippen LogP contribution in [0, 0.1) is 32.6 Å². The molecule has 3 aromatic carbocycles. The molecule has 8 nitrogen and oxygen atoms in total. The largest absolute Gasteiger partial charge is 0.493 e. The second-order valence-corrected chi connectivity index (χ2v) is 13.2. The average Bonchev–Trinajstić information content (AvgIpc) is 3.03. The molecule has 268 valence electrons. The number of hydrogen-bond acceptors (Lipinski definition) is 8.